The number of fused-ring (bicyclic) bond motifs is 3. The molecule has 21 heavy (non-hydrogen) atoms. The molecule has 0 saturated heterocycles. The van der Waals surface area contributed by atoms with Crippen LogP contribution in [-0.2, 0) is 9.53 Å². The van der Waals surface area contributed by atoms with E-state index in [2.05, 4.69) is 24.3 Å². The second kappa shape index (κ2) is 5.68. The van der Waals surface area contributed by atoms with E-state index in [0.29, 0.717) is 6.61 Å². The fourth-order valence-corrected chi connectivity index (χ4v) is 2.81. The van der Waals surface area contributed by atoms with Gasteiger partial charge in [-0.2, -0.15) is 0 Å². The third-order valence-corrected chi connectivity index (χ3v) is 3.91. The van der Waals surface area contributed by atoms with Gasteiger partial charge in [0.05, 0.1) is 0 Å². The molecule has 0 radical (unpaired) electrons. The van der Waals surface area contributed by atoms with Gasteiger partial charge in [0.1, 0.15) is 12.6 Å². The molecule has 1 atom stereocenters. The lowest BCUT2D eigenvalue weighted by Crippen LogP contribution is -2.39. The van der Waals surface area contributed by atoms with Crippen LogP contribution in [0.2, 0.25) is 0 Å². The fourth-order valence-electron chi connectivity index (χ4n) is 2.81. The van der Waals surface area contributed by atoms with E-state index in [1.807, 2.05) is 24.3 Å². The van der Waals surface area contributed by atoms with E-state index in [1.54, 1.807) is 0 Å². The van der Waals surface area contributed by atoms with E-state index in [4.69, 9.17) is 16.2 Å². The summed E-state index contributed by atoms with van der Waals surface area (Å²) in [4.78, 5) is 11.7. The summed E-state index contributed by atoms with van der Waals surface area (Å²) in [5.74, 6) is -0.384. The van der Waals surface area contributed by atoms with Gasteiger partial charge in [-0.25, -0.2) is 0 Å². The molecule has 3 rings (SSSR count). The summed E-state index contributed by atoms with van der Waals surface area (Å²) >= 11 is 0. The van der Waals surface area contributed by atoms with Crippen molar-refractivity contribution in [2.24, 2.45) is 11.5 Å². The fraction of sp³-hybridized carbons (Fsp3) is 0.235. The van der Waals surface area contributed by atoms with Crippen LogP contribution in [0.15, 0.2) is 48.5 Å². The van der Waals surface area contributed by atoms with Crippen molar-refractivity contribution in [3.05, 3.63) is 59.7 Å². The van der Waals surface area contributed by atoms with Crippen molar-refractivity contribution < 1.29 is 9.53 Å². The number of nitrogens with two attached hydrogens (primary N) is 2. The molecule has 0 amide bonds. The van der Waals surface area contributed by atoms with Crippen molar-refractivity contribution in [1.82, 2.24) is 0 Å². The van der Waals surface area contributed by atoms with Crippen LogP contribution in [0.4, 0.5) is 0 Å². The van der Waals surface area contributed by atoms with Gasteiger partial charge in [0.15, 0.2) is 0 Å². The molecule has 0 heterocycles. The van der Waals surface area contributed by atoms with E-state index in [0.717, 1.165) is 0 Å². The van der Waals surface area contributed by atoms with E-state index in [9.17, 15) is 4.79 Å². The Balaban J connectivity index is 1.87. The van der Waals surface area contributed by atoms with Crippen molar-refractivity contribution in [2.75, 3.05) is 13.2 Å². The highest BCUT2D eigenvalue weighted by Gasteiger charge is 2.29. The van der Waals surface area contributed by atoms with Gasteiger partial charge < -0.3 is 16.2 Å². The lowest BCUT2D eigenvalue weighted by Gasteiger charge is -2.15. The molecule has 108 valence electrons. The summed E-state index contributed by atoms with van der Waals surface area (Å²) in [6, 6.07) is 15.7. The topological polar surface area (TPSA) is 78.3 Å². The zero-order valence-corrected chi connectivity index (χ0v) is 11.7. The van der Waals surface area contributed by atoms with Crippen LogP contribution in [0.5, 0.6) is 0 Å². The Labute approximate surface area is 123 Å². The van der Waals surface area contributed by atoms with E-state index in [1.165, 1.54) is 22.3 Å². The zero-order valence-electron chi connectivity index (χ0n) is 11.7. The van der Waals surface area contributed by atoms with Crippen molar-refractivity contribution >= 4 is 5.97 Å². The maximum absolute atomic E-state index is 11.7. The van der Waals surface area contributed by atoms with Gasteiger partial charge in [-0.3, -0.25) is 4.79 Å². The number of rotatable bonds is 4. The lowest BCUT2D eigenvalue weighted by atomic mass is 9.98. The Morgan fingerprint density at radius 2 is 1.57 bits per heavy atom. The monoisotopic (exact) mass is 282 g/mol. The maximum Gasteiger partial charge on any atom is 0.324 e. The SMILES string of the molecule is NCC(N)C(=O)OCC1c2ccccc2-c2ccccc21. The molecule has 2 aromatic rings. The van der Waals surface area contributed by atoms with Crippen LogP contribution in [-0.4, -0.2) is 25.2 Å². The second-order valence-electron chi connectivity index (χ2n) is 5.20. The Morgan fingerprint density at radius 3 is 2.10 bits per heavy atom. The summed E-state index contributed by atoms with van der Waals surface area (Å²) in [6.07, 6.45) is 0. The molecule has 0 aliphatic heterocycles. The summed E-state index contributed by atoms with van der Waals surface area (Å²) in [5, 5.41) is 0. The van der Waals surface area contributed by atoms with Crippen LogP contribution in [0.25, 0.3) is 11.1 Å². The maximum atomic E-state index is 11.7. The molecule has 2 aromatic carbocycles. The Kier molecular flexibility index (Phi) is 3.73. The van der Waals surface area contributed by atoms with Gasteiger partial charge in [-0.15, -0.1) is 0 Å². The molecule has 4 heteroatoms. The zero-order chi connectivity index (χ0) is 14.8. The predicted molar refractivity (Wildman–Crippen MR) is 81.7 cm³/mol. The quantitative estimate of drug-likeness (QED) is 0.835. The predicted octanol–water partition coefficient (Wildman–Crippen LogP) is 1.63. The minimum absolute atomic E-state index is 0.0614. The smallest absolute Gasteiger partial charge is 0.324 e. The first-order chi connectivity index (χ1) is 10.2. The first-order valence-electron chi connectivity index (χ1n) is 7.03. The average Bonchev–Trinajstić information content (AvgIpc) is 2.86. The number of benzene rings is 2. The molecular formula is C17H18N2O2. The summed E-state index contributed by atoms with van der Waals surface area (Å²) < 4.78 is 5.35. The van der Waals surface area contributed by atoms with E-state index >= 15 is 0 Å². The third kappa shape index (κ3) is 2.44. The van der Waals surface area contributed by atoms with Gasteiger partial charge in [-0.1, -0.05) is 48.5 Å². The number of hydrogen-bond acceptors (Lipinski definition) is 4. The van der Waals surface area contributed by atoms with Gasteiger partial charge >= 0.3 is 5.97 Å². The first kappa shape index (κ1) is 13.8. The molecule has 1 aliphatic carbocycles. The molecular weight excluding hydrogens is 264 g/mol. The highest BCUT2D eigenvalue weighted by molar-refractivity contribution is 5.79. The summed E-state index contributed by atoms with van der Waals surface area (Å²) in [5.41, 5.74) is 15.8. The second-order valence-corrected chi connectivity index (χ2v) is 5.20. The number of ether oxygens (including phenoxy) is 1. The van der Waals surface area contributed by atoms with Crippen LogP contribution in [0.3, 0.4) is 0 Å². The molecule has 1 aliphatic rings. The molecule has 4 nitrogen and oxygen atoms in total. The summed E-state index contributed by atoms with van der Waals surface area (Å²) in [6.45, 7) is 0.386. The third-order valence-electron chi connectivity index (χ3n) is 3.91. The van der Waals surface area contributed by atoms with Gasteiger partial charge in [0, 0.05) is 12.5 Å². The minimum atomic E-state index is -0.753. The van der Waals surface area contributed by atoms with Crippen LogP contribution < -0.4 is 11.5 Å². The van der Waals surface area contributed by atoms with E-state index < -0.39 is 12.0 Å². The van der Waals surface area contributed by atoms with E-state index in [-0.39, 0.29) is 12.5 Å². The molecule has 0 bridgehead atoms. The van der Waals surface area contributed by atoms with Crippen LogP contribution in [0.1, 0.15) is 17.0 Å². The summed E-state index contributed by atoms with van der Waals surface area (Å²) in [7, 11) is 0. The van der Waals surface area contributed by atoms with Gasteiger partial charge in [0.2, 0.25) is 0 Å². The standard InChI is InChI=1S/C17H18N2O2/c18-9-16(19)17(20)21-10-15-13-7-3-1-5-11(13)12-6-2-4-8-14(12)15/h1-8,15-16H,9-10,18-19H2. The molecule has 1 unspecified atom stereocenters. The molecule has 0 spiro atoms. The van der Waals surface area contributed by atoms with Gasteiger partial charge in [0.25, 0.3) is 0 Å². The highest BCUT2D eigenvalue weighted by Crippen LogP contribution is 2.44. The van der Waals surface area contributed by atoms with Crippen LogP contribution in [0, 0.1) is 0 Å². The Hall–Kier alpha value is -2.17. The lowest BCUT2D eigenvalue weighted by molar-refractivity contribution is -0.145. The molecule has 4 N–H and O–H groups in total. The van der Waals surface area contributed by atoms with Crippen LogP contribution >= 0.6 is 0 Å². The number of esters is 1. The van der Waals surface area contributed by atoms with Crippen molar-refractivity contribution in [1.29, 1.82) is 0 Å². The normalized spacial score (nSPS) is 14.4. The molecule has 0 aromatic heterocycles. The van der Waals surface area contributed by atoms with Crippen molar-refractivity contribution in [3.63, 3.8) is 0 Å². The average molecular weight is 282 g/mol. The first-order valence-corrected chi connectivity index (χ1v) is 7.03. The molecule has 0 fully saturated rings. The molecule has 0 saturated carbocycles. The van der Waals surface area contributed by atoms with Crippen molar-refractivity contribution in [2.45, 2.75) is 12.0 Å². The number of hydrogen-bond donors (Lipinski definition) is 2. The Bertz CT molecular complexity index is 624. The van der Waals surface area contributed by atoms with Crippen molar-refractivity contribution in [3.8, 4) is 11.1 Å². The number of carbonyl (C=O) groups excluding carboxylic acids is 1. The number of carbonyl (C=O) groups is 1. The minimum Gasteiger partial charge on any atom is -0.463 e. The van der Waals surface area contributed by atoms with Gasteiger partial charge in [-0.05, 0) is 22.3 Å². The largest absolute Gasteiger partial charge is 0.463 e. The Morgan fingerprint density at radius 1 is 1.05 bits per heavy atom. The highest BCUT2D eigenvalue weighted by atomic mass is 16.5.